The molecule has 1 nitrogen and oxygen atoms in total. The molecule has 0 bridgehead atoms. The molecule has 1 heteroatoms. The molecular formula is C12H24O. The third-order valence-corrected chi connectivity index (χ3v) is 2.28. The van der Waals surface area contributed by atoms with E-state index in [9.17, 15) is 5.11 Å². The summed E-state index contributed by atoms with van der Waals surface area (Å²) in [6.45, 7) is 4.22. The van der Waals surface area contributed by atoms with Gasteiger partial charge in [-0.25, -0.2) is 0 Å². The zero-order valence-electron chi connectivity index (χ0n) is 9.13. The topological polar surface area (TPSA) is 20.2 Å². The van der Waals surface area contributed by atoms with E-state index in [4.69, 9.17) is 0 Å². The molecule has 0 fully saturated rings. The van der Waals surface area contributed by atoms with E-state index in [1.165, 1.54) is 32.1 Å². The van der Waals surface area contributed by atoms with Gasteiger partial charge in [0.25, 0.3) is 0 Å². The summed E-state index contributed by atoms with van der Waals surface area (Å²) in [6, 6.07) is 0. The minimum Gasteiger partial charge on any atom is -0.393 e. The summed E-state index contributed by atoms with van der Waals surface area (Å²) in [4.78, 5) is 0. The molecule has 1 atom stereocenters. The Morgan fingerprint density at radius 1 is 1.15 bits per heavy atom. The van der Waals surface area contributed by atoms with Crippen LogP contribution in [0.3, 0.4) is 0 Å². The summed E-state index contributed by atoms with van der Waals surface area (Å²) in [6.07, 6.45) is 12.1. The Kier molecular flexibility index (Phi) is 9.56. The molecule has 0 rings (SSSR count). The fraction of sp³-hybridized carbons (Fsp3) is 0.833. The average molecular weight is 184 g/mol. The van der Waals surface area contributed by atoms with Crippen LogP contribution in [0.1, 0.15) is 58.8 Å². The van der Waals surface area contributed by atoms with Gasteiger partial charge in [0.1, 0.15) is 0 Å². The van der Waals surface area contributed by atoms with Crippen molar-refractivity contribution in [3.63, 3.8) is 0 Å². The Bertz CT molecular complexity index is 118. The van der Waals surface area contributed by atoms with Crippen molar-refractivity contribution in [2.24, 2.45) is 0 Å². The number of allylic oxidation sites excluding steroid dienone is 1. The molecule has 0 heterocycles. The van der Waals surface area contributed by atoms with Crippen molar-refractivity contribution < 1.29 is 5.11 Å². The maximum Gasteiger partial charge on any atom is 0.0574 e. The molecule has 0 aliphatic heterocycles. The fourth-order valence-electron chi connectivity index (χ4n) is 1.39. The number of unbranched alkanes of at least 4 members (excludes halogenated alkanes) is 4. The summed E-state index contributed by atoms with van der Waals surface area (Å²) in [7, 11) is 0. The molecule has 1 unspecified atom stereocenters. The van der Waals surface area contributed by atoms with Gasteiger partial charge in [-0.3, -0.25) is 0 Å². The minimum absolute atomic E-state index is 0.113. The normalized spacial score (nSPS) is 13.8. The van der Waals surface area contributed by atoms with Crippen molar-refractivity contribution in [2.45, 2.75) is 64.9 Å². The maximum absolute atomic E-state index is 9.49. The molecule has 0 saturated heterocycles. The van der Waals surface area contributed by atoms with Crippen LogP contribution in [0.15, 0.2) is 12.2 Å². The Morgan fingerprint density at radius 2 is 1.85 bits per heavy atom. The van der Waals surface area contributed by atoms with Crippen LogP contribution >= 0.6 is 0 Å². The van der Waals surface area contributed by atoms with E-state index in [0.717, 1.165) is 12.8 Å². The van der Waals surface area contributed by atoms with Crippen molar-refractivity contribution in [3.05, 3.63) is 12.2 Å². The second-order valence-corrected chi connectivity index (χ2v) is 3.66. The molecule has 1 N–H and O–H groups in total. The molecule has 0 spiro atoms. The first-order chi connectivity index (χ1) is 6.31. The van der Waals surface area contributed by atoms with E-state index in [1.54, 1.807) is 0 Å². The maximum atomic E-state index is 9.49. The van der Waals surface area contributed by atoms with Crippen LogP contribution in [-0.2, 0) is 0 Å². The fourth-order valence-corrected chi connectivity index (χ4v) is 1.39. The molecule has 0 radical (unpaired) electrons. The van der Waals surface area contributed by atoms with Gasteiger partial charge < -0.3 is 5.11 Å². The first-order valence-electron chi connectivity index (χ1n) is 5.60. The Hall–Kier alpha value is -0.300. The van der Waals surface area contributed by atoms with Crippen LogP contribution in [0.25, 0.3) is 0 Å². The first kappa shape index (κ1) is 12.7. The molecular weight excluding hydrogens is 160 g/mol. The lowest BCUT2D eigenvalue weighted by molar-refractivity contribution is 0.163. The van der Waals surface area contributed by atoms with Crippen LogP contribution in [0, 0.1) is 0 Å². The van der Waals surface area contributed by atoms with Crippen molar-refractivity contribution >= 4 is 0 Å². The number of hydrogen-bond donors (Lipinski definition) is 1. The lowest BCUT2D eigenvalue weighted by atomic mass is 10.1. The molecule has 78 valence electrons. The van der Waals surface area contributed by atoms with E-state index < -0.39 is 0 Å². The van der Waals surface area contributed by atoms with Crippen molar-refractivity contribution in [1.29, 1.82) is 0 Å². The predicted molar refractivity (Wildman–Crippen MR) is 58.8 cm³/mol. The monoisotopic (exact) mass is 184 g/mol. The van der Waals surface area contributed by atoms with Gasteiger partial charge in [0.15, 0.2) is 0 Å². The van der Waals surface area contributed by atoms with Crippen LogP contribution in [0.5, 0.6) is 0 Å². The summed E-state index contributed by atoms with van der Waals surface area (Å²) in [5.41, 5.74) is 0. The Morgan fingerprint density at radius 3 is 2.46 bits per heavy atom. The van der Waals surface area contributed by atoms with Gasteiger partial charge in [-0.2, -0.15) is 0 Å². The molecule has 0 aliphatic carbocycles. The second-order valence-electron chi connectivity index (χ2n) is 3.66. The van der Waals surface area contributed by atoms with Gasteiger partial charge in [-0.05, 0) is 19.8 Å². The van der Waals surface area contributed by atoms with Crippen molar-refractivity contribution in [3.8, 4) is 0 Å². The van der Waals surface area contributed by atoms with Gasteiger partial charge in [0, 0.05) is 0 Å². The SMILES string of the molecule is CC=CCC(O)CCCCCCC. The van der Waals surface area contributed by atoms with Gasteiger partial charge in [0.2, 0.25) is 0 Å². The quantitative estimate of drug-likeness (QED) is 0.451. The molecule has 0 aromatic carbocycles. The highest BCUT2D eigenvalue weighted by Gasteiger charge is 2.00. The van der Waals surface area contributed by atoms with E-state index >= 15 is 0 Å². The van der Waals surface area contributed by atoms with E-state index in [1.807, 2.05) is 19.1 Å². The number of hydrogen-bond acceptors (Lipinski definition) is 1. The van der Waals surface area contributed by atoms with Gasteiger partial charge in [-0.1, -0.05) is 51.2 Å². The van der Waals surface area contributed by atoms with Crippen LogP contribution in [0.2, 0.25) is 0 Å². The smallest absolute Gasteiger partial charge is 0.0574 e. The van der Waals surface area contributed by atoms with Crippen molar-refractivity contribution in [2.75, 3.05) is 0 Å². The first-order valence-corrected chi connectivity index (χ1v) is 5.60. The predicted octanol–water partition coefficient (Wildman–Crippen LogP) is 3.67. The summed E-state index contributed by atoms with van der Waals surface area (Å²) in [5.74, 6) is 0. The van der Waals surface area contributed by atoms with Gasteiger partial charge in [-0.15, -0.1) is 0 Å². The van der Waals surface area contributed by atoms with Crippen LogP contribution in [-0.4, -0.2) is 11.2 Å². The van der Waals surface area contributed by atoms with Crippen LogP contribution < -0.4 is 0 Å². The Balaban J connectivity index is 3.12. The molecule has 0 amide bonds. The van der Waals surface area contributed by atoms with Crippen LogP contribution in [0.4, 0.5) is 0 Å². The second kappa shape index (κ2) is 9.79. The minimum atomic E-state index is -0.113. The summed E-state index contributed by atoms with van der Waals surface area (Å²) in [5, 5.41) is 9.49. The third-order valence-electron chi connectivity index (χ3n) is 2.28. The summed E-state index contributed by atoms with van der Waals surface area (Å²) >= 11 is 0. The molecule has 13 heavy (non-hydrogen) atoms. The lowest BCUT2D eigenvalue weighted by Gasteiger charge is -2.06. The number of aliphatic hydroxyl groups is 1. The average Bonchev–Trinajstić information content (AvgIpc) is 2.14. The molecule has 0 saturated carbocycles. The summed E-state index contributed by atoms with van der Waals surface area (Å²) < 4.78 is 0. The highest BCUT2D eigenvalue weighted by atomic mass is 16.3. The third kappa shape index (κ3) is 9.62. The molecule has 0 aliphatic rings. The largest absolute Gasteiger partial charge is 0.393 e. The molecule has 0 aromatic heterocycles. The standard InChI is InChI=1S/C12H24O/c1-3-5-7-8-9-11-12(13)10-6-4-2/h4,6,12-13H,3,5,7-11H2,1-2H3. The lowest BCUT2D eigenvalue weighted by Crippen LogP contribution is -2.04. The highest BCUT2D eigenvalue weighted by Crippen LogP contribution is 2.09. The van der Waals surface area contributed by atoms with E-state index in [0.29, 0.717) is 0 Å². The van der Waals surface area contributed by atoms with Gasteiger partial charge in [0.05, 0.1) is 6.10 Å². The van der Waals surface area contributed by atoms with Crippen molar-refractivity contribution in [1.82, 2.24) is 0 Å². The number of rotatable bonds is 8. The highest BCUT2D eigenvalue weighted by molar-refractivity contribution is 4.79. The zero-order valence-corrected chi connectivity index (χ0v) is 9.13. The van der Waals surface area contributed by atoms with E-state index in [2.05, 4.69) is 6.92 Å². The molecule has 0 aromatic rings. The zero-order chi connectivity index (χ0) is 9.94. The van der Waals surface area contributed by atoms with E-state index in [-0.39, 0.29) is 6.10 Å². The van der Waals surface area contributed by atoms with Gasteiger partial charge >= 0.3 is 0 Å². The Labute approximate surface area is 82.9 Å². The number of aliphatic hydroxyl groups excluding tert-OH is 1.